The number of aromatic nitrogens is 1. The second-order valence-electron chi connectivity index (χ2n) is 18.1. The van der Waals surface area contributed by atoms with E-state index in [1.165, 1.54) is 0 Å². The number of hydrogen-bond acceptors (Lipinski definition) is 7. The predicted molar refractivity (Wildman–Crippen MR) is 218 cm³/mol. The Morgan fingerprint density at radius 3 is 2.24 bits per heavy atom. The molecule has 3 saturated heterocycles. The first-order valence-corrected chi connectivity index (χ1v) is 22.3. The fourth-order valence-electron chi connectivity index (χ4n) is 11.4. The van der Waals surface area contributed by atoms with Crippen LogP contribution in [0.1, 0.15) is 121 Å². The molecule has 4 heterocycles. The van der Waals surface area contributed by atoms with Crippen molar-refractivity contribution in [3.05, 3.63) is 36.0 Å². The highest BCUT2D eigenvalue weighted by Crippen LogP contribution is 2.41. The number of nitrogens with one attached hydrogen (secondary N) is 5. The number of nitrogens with zero attached hydrogens (tertiary/aromatic N) is 2. The Hall–Kier alpha value is -4.46. The molecule has 2 aromatic rings. The number of amides is 6. The number of carbonyl (C=O) groups excluding carboxylic acids is 6. The van der Waals surface area contributed by atoms with Crippen molar-refractivity contribution in [2.45, 2.75) is 164 Å². The van der Waals surface area contributed by atoms with Gasteiger partial charge in [-0.1, -0.05) is 76.0 Å². The summed E-state index contributed by atoms with van der Waals surface area (Å²) < 4.78 is 0. The number of rotatable bonds is 6. The van der Waals surface area contributed by atoms with Gasteiger partial charge in [0.1, 0.15) is 35.7 Å². The third-order valence-corrected chi connectivity index (χ3v) is 14.4. The summed E-state index contributed by atoms with van der Waals surface area (Å²) in [5.41, 5.74) is 6.46. The summed E-state index contributed by atoms with van der Waals surface area (Å²) in [5, 5.41) is 13.2. The Kier molecular flexibility index (Phi) is 12.1. The highest BCUT2D eigenvalue weighted by atomic mass is 16.2. The number of benzene rings is 1. The van der Waals surface area contributed by atoms with Crippen LogP contribution in [0.3, 0.4) is 0 Å². The van der Waals surface area contributed by atoms with Gasteiger partial charge in [-0.15, -0.1) is 0 Å². The van der Waals surface area contributed by atoms with Gasteiger partial charge in [-0.05, 0) is 87.8 Å². The molecule has 6 amide bonds. The summed E-state index contributed by atoms with van der Waals surface area (Å²) in [6.45, 7) is 0.449. The second-order valence-corrected chi connectivity index (χ2v) is 18.1. The summed E-state index contributed by atoms with van der Waals surface area (Å²) in [6.07, 6.45) is 15.2. The number of para-hydroxylation sites is 1. The molecule has 3 aliphatic heterocycles. The molecular weight excluding hydrogens is 737 g/mol. The van der Waals surface area contributed by atoms with E-state index in [4.69, 9.17) is 5.73 Å². The van der Waals surface area contributed by atoms with Crippen LogP contribution in [0.2, 0.25) is 0 Å². The topological polar surface area (TPSA) is 199 Å². The average Bonchev–Trinajstić information content (AvgIpc) is 4.06. The molecule has 8 rings (SSSR count). The number of H-pyrrole nitrogens is 1. The molecule has 7 atom stereocenters. The maximum Gasteiger partial charge on any atom is 0.246 e. The molecule has 14 nitrogen and oxygen atoms in total. The lowest BCUT2D eigenvalue weighted by atomic mass is 9.84. The zero-order valence-electron chi connectivity index (χ0n) is 33.8. The highest BCUT2D eigenvalue weighted by Gasteiger charge is 2.52. The van der Waals surface area contributed by atoms with E-state index >= 15 is 0 Å². The summed E-state index contributed by atoms with van der Waals surface area (Å²) in [5.74, 6) is -1.97. The van der Waals surface area contributed by atoms with Crippen molar-refractivity contribution in [1.82, 2.24) is 36.1 Å². The van der Waals surface area contributed by atoms with Crippen LogP contribution in [-0.2, 0) is 35.2 Å². The fourth-order valence-corrected chi connectivity index (χ4v) is 11.4. The Bertz CT molecular complexity index is 1870. The standard InChI is InChI=1S/C44H62N8O6/c45-21-18-32-41(56)51-22-10-17-36(51)42(57)52-35-16-7-4-13-28(35)25-37(52)40(55)48-33(23-27-11-2-1-3-12-27)39(54)50-44(19-8-9-20-44)43(58)49-34(38(53)47-32)24-29-26-46-31-15-6-5-14-30(29)31/h5-6,14-15,26-28,32-37,46H,1-4,7-13,16-25,45H2,(H,47,53)(H,48,55)(H,49,58)(H,50,54)/t28-,32+,33+,34+,35-,36-,37-/m1/s1. The molecule has 314 valence electrons. The molecule has 6 aliphatic rings. The monoisotopic (exact) mass is 798 g/mol. The van der Waals surface area contributed by atoms with Gasteiger partial charge in [-0.25, -0.2) is 0 Å². The molecule has 14 heteroatoms. The van der Waals surface area contributed by atoms with Crippen LogP contribution in [0.15, 0.2) is 30.5 Å². The van der Waals surface area contributed by atoms with Crippen LogP contribution < -0.4 is 27.0 Å². The minimum Gasteiger partial charge on any atom is -0.361 e. The molecule has 3 aliphatic carbocycles. The molecule has 58 heavy (non-hydrogen) atoms. The van der Waals surface area contributed by atoms with E-state index in [1.54, 1.807) is 9.80 Å². The molecule has 7 N–H and O–H groups in total. The van der Waals surface area contributed by atoms with Crippen molar-refractivity contribution in [3.8, 4) is 0 Å². The van der Waals surface area contributed by atoms with Crippen molar-refractivity contribution in [3.63, 3.8) is 0 Å². The molecule has 0 bridgehead atoms. The first-order chi connectivity index (χ1) is 28.2. The maximum atomic E-state index is 14.9. The smallest absolute Gasteiger partial charge is 0.246 e. The zero-order valence-corrected chi connectivity index (χ0v) is 33.8. The average molecular weight is 799 g/mol. The summed E-state index contributed by atoms with van der Waals surface area (Å²) in [6, 6.07) is 3.01. The van der Waals surface area contributed by atoms with Gasteiger partial charge in [0.05, 0.1) is 0 Å². The molecule has 1 spiro atoms. The largest absolute Gasteiger partial charge is 0.361 e. The van der Waals surface area contributed by atoms with E-state index in [0.29, 0.717) is 57.9 Å². The fraction of sp³-hybridized carbons (Fsp3) is 0.682. The highest BCUT2D eigenvalue weighted by molar-refractivity contribution is 6.00. The summed E-state index contributed by atoms with van der Waals surface area (Å²) in [7, 11) is 0. The van der Waals surface area contributed by atoms with Crippen LogP contribution in [0.4, 0.5) is 0 Å². The van der Waals surface area contributed by atoms with Gasteiger partial charge in [-0.3, -0.25) is 28.8 Å². The molecule has 1 aromatic heterocycles. The minimum absolute atomic E-state index is 0.109. The predicted octanol–water partition coefficient (Wildman–Crippen LogP) is 3.08. The lowest BCUT2D eigenvalue weighted by molar-refractivity contribution is -0.150. The Morgan fingerprint density at radius 2 is 1.45 bits per heavy atom. The normalized spacial score (nSPS) is 31.6. The molecular formula is C44H62N8O6. The number of fused-ring (bicyclic) bond motifs is 5. The summed E-state index contributed by atoms with van der Waals surface area (Å²) >= 11 is 0. The lowest BCUT2D eigenvalue weighted by Crippen LogP contribution is -2.65. The minimum atomic E-state index is -1.30. The van der Waals surface area contributed by atoms with E-state index in [2.05, 4.69) is 26.3 Å². The van der Waals surface area contributed by atoms with Gasteiger partial charge in [0.2, 0.25) is 35.4 Å². The number of aromatic amines is 1. The van der Waals surface area contributed by atoms with Gasteiger partial charge in [0.25, 0.3) is 0 Å². The summed E-state index contributed by atoms with van der Waals surface area (Å²) in [4.78, 5) is 94.6. The van der Waals surface area contributed by atoms with Gasteiger partial charge < -0.3 is 41.8 Å². The lowest BCUT2D eigenvalue weighted by Gasteiger charge is -2.38. The third kappa shape index (κ3) is 8.09. The van der Waals surface area contributed by atoms with Gasteiger partial charge in [0.15, 0.2) is 0 Å². The van der Waals surface area contributed by atoms with Crippen molar-refractivity contribution in [2.24, 2.45) is 17.6 Å². The van der Waals surface area contributed by atoms with E-state index in [-0.39, 0.29) is 55.0 Å². The zero-order chi connectivity index (χ0) is 40.4. The molecule has 1 aromatic carbocycles. The van der Waals surface area contributed by atoms with Crippen LogP contribution >= 0.6 is 0 Å². The maximum absolute atomic E-state index is 14.9. The SMILES string of the molecule is NCC[C@@H]1NC(=O)[C@H](Cc2c[nH]c3ccccc23)NC(=O)C2(CCCC2)NC(=O)[C@H](CC2CCCCC2)NC(=O)[C@H]2C[C@H]3CCCC[C@H]3N2C(=O)[C@H]2CCCN2C1=O. The van der Waals surface area contributed by atoms with Crippen molar-refractivity contribution >= 4 is 46.3 Å². The number of carbonyl (C=O) groups is 6. The first kappa shape index (κ1) is 40.3. The van der Waals surface area contributed by atoms with Gasteiger partial charge >= 0.3 is 0 Å². The van der Waals surface area contributed by atoms with Crippen molar-refractivity contribution in [2.75, 3.05) is 13.1 Å². The van der Waals surface area contributed by atoms with Crippen LogP contribution in [0, 0.1) is 11.8 Å². The number of hydrogen-bond donors (Lipinski definition) is 6. The molecule has 0 radical (unpaired) electrons. The Morgan fingerprint density at radius 1 is 0.707 bits per heavy atom. The van der Waals surface area contributed by atoms with E-state index in [1.807, 2.05) is 30.5 Å². The van der Waals surface area contributed by atoms with E-state index in [9.17, 15) is 28.8 Å². The second kappa shape index (κ2) is 17.4. The van der Waals surface area contributed by atoms with Crippen LogP contribution in [0.25, 0.3) is 10.9 Å². The van der Waals surface area contributed by atoms with E-state index in [0.717, 1.165) is 74.3 Å². The molecule has 6 fully saturated rings. The molecule has 0 unspecified atom stereocenters. The van der Waals surface area contributed by atoms with Gasteiger partial charge in [0, 0.05) is 36.1 Å². The van der Waals surface area contributed by atoms with Crippen molar-refractivity contribution < 1.29 is 28.8 Å². The van der Waals surface area contributed by atoms with Crippen LogP contribution in [-0.4, -0.2) is 105 Å². The third-order valence-electron chi connectivity index (χ3n) is 14.4. The van der Waals surface area contributed by atoms with Crippen molar-refractivity contribution in [1.29, 1.82) is 0 Å². The quantitative estimate of drug-likeness (QED) is 0.258. The molecule has 3 saturated carbocycles. The van der Waals surface area contributed by atoms with Crippen LogP contribution in [0.5, 0.6) is 0 Å². The first-order valence-electron chi connectivity index (χ1n) is 22.3. The van der Waals surface area contributed by atoms with E-state index < -0.39 is 53.5 Å². The van der Waals surface area contributed by atoms with Gasteiger partial charge in [-0.2, -0.15) is 0 Å². The Balaban J connectivity index is 1.17. The Labute approximate surface area is 340 Å². The number of nitrogens with two attached hydrogens (primary N) is 1.